The van der Waals surface area contributed by atoms with Gasteiger partial charge in [-0.3, -0.25) is 43.2 Å². The molecule has 5 amide bonds. The molecule has 37 nitrogen and oxygen atoms in total. The third kappa shape index (κ3) is 30.5. The van der Waals surface area contributed by atoms with E-state index < -0.39 is 179 Å². The molecule has 1 aliphatic heterocycles. The van der Waals surface area contributed by atoms with Crippen LogP contribution in [0, 0.1) is 28.6 Å². The number of ether oxygens (including phenoxy) is 19. The number of carbonyl (C=O) groups is 12. The number of benzene rings is 4. The van der Waals surface area contributed by atoms with Crippen molar-refractivity contribution < 1.29 is 153 Å². The molecule has 7 N–H and O–H groups in total. The zero-order chi connectivity index (χ0) is 93.5. The number of primary amides is 1. The molecule has 3 fully saturated rings. The molecule has 37 heteroatoms. The lowest BCUT2D eigenvalue weighted by atomic mass is 9.43. The lowest BCUT2D eigenvalue weighted by Crippen LogP contribution is -2.80. The Morgan fingerprint density at radius 1 is 0.566 bits per heavy atom. The minimum atomic E-state index is -2.48. The predicted octanol–water partition coefficient (Wildman–Crippen LogP) is 5.60. The van der Waals surface area contributed by atoms with E-state index in [0.29, 0.717) is 126 Å². The smallest absolute Gasteiger partial charge is 0.455 e. The normalized spacial score (nSPS) is 21.9. The highest BCUT2D eigenvalue weighted by Gasteiger charge is 2.78. The summed E-state index contributed by atoms with van der Waals surface area (Å²) in [5, 5.41) is 24.6. The molecule has 3 aliphatic carbocycles. The molecule has 2 saturated carbocycles. The zero-order valence-corrected chi connectivity index (χ0v) is 75.0. The Morgan fingerprint density at radius 2 is 1.05 bits per heavy atom. The van der Waals surface area contributed by atoms with E-state index in [2.05, 4.69) is 21.3 Å². The third-order valence-electron chi connectivity index (χ3n) is 22.9. The first-order valence-corrected chi connectivity index (χ1v) is 43.2. The van der Waals surface area contributed by atoms with Gasteiger partial charge in [0.15, 0.2) is 23.3 Å². The Bertz CT molecular complexity index is 4310. The minimum absolute atomic E-state index is 0.0227. The van der Waals surface area contributed by atoms with Gasteiger partial charge in [0.05, 0.1) is 170 Å². The summed E-state index contributed by atoms with van der Waals surface area (Å²) in [6.07, 6.45) is -11.3. The summed E-state index contributed by atoms with van der Waals surface area (Å²) in [6, 6.07) is 24.9. The van der Waals surface area contributed by atoms with Gasteiger partial charge < -0.3 is 122 Å². The summed E-state index contributed by atoms with van der Waals surface area (Å²) in [7, 11) is 1.62. The lowest BCUT2D eigenvalue weighted by Gasteiger charge is -2.68. The largest absolute Gasteiger partial charge is 0.509 e. The molecule has 2 bridgehead atoms. The van der Waals surface area contributed by atoms with Gasteiger partial charge in [-0.2, -0.15) is 0 Å². The van der Waals surface area contributed by atoms with Gasteiger partial charge >= 0.3 is 30.0 Å². The van der Waals surface area contributed by atoms with Crippen LogP contribution in [0.2, 0.25) is 0 Å². The monoisotopic (exact) mass is 1810 g/mol. The molecule has 0 spiro atoms. The van der Waals surface area contributed by atoms with E-state index in [-0.39, 0.29) is 85.0 Å². The van der Waals surface area contributed by atoms with E-state index in [0.717, 1.165) is 6.92 Å². The van der Waals surface area contributed by atoms with E-state index in [1.807, 2.05) is 0 Å². The van der Waals surface area contributed by atoms with Gasteiger partial charge in [-0.1, -0.05) is 113 Å². The molecule has 8 rings (SSSR count). The van der Waals surface area contributed by atoms with Crippen molar-refractivity contribution >= 4 is 76.8 Å². The maximum atomic E-state index is 16.2. The van der Waals surface area contributed by atoms with Crippen LogP contribution in [-0.2, 0) is 140 Å². The maximum Gasteiger partial charge on any atom is 0.509 e. The van der Waals surface area contributed by atoms with Crippen LogP contribution >= 0.6 is 0 Å². The minimum Gasteiger partial charge on any atom is -0.455 e. The molecule has 710 valence electrons. The topological polar surface area (TPSA) is 475 Å². The molecule has 4 aromatic carbocycles. The van der Waals surface area contributed by atoms with Crippen LogP contribution in [0.25, 0.3) is 0 Å². The zero-order valence-electron chi connectivity index (χ0n) is 75.0. The second-order valence-electron chi connectivity index (χ2n) is 32.3. The van der Waals surface area contributed by atoms with Crippen LogP contribution in [0.3, 0.4) is 0 Å². The SMILES string of the molecule is COCCOCCOCCOCCOCCOCCOCCOCCOCCOCCOCCOCC(=O)C[C@H](C)C(=O)N[C@H](C)C(=O)N[C@H](CC(N)=O)C(=O)Nc1ccc(COC(=O)OC(C(=O)OC2C[C@@]3(O)[C@@H](OC(=O)c4ccccc4)[C@H]4[C@](C)(C(=O)[C@H](OC(C)=O)C(=C2C)C3(C)C)[C@@H](C)CC2OC[C@]24OC(C)=O)[C@@H](NC(=O)c2ccccc2)c2ccccc2)cc1. The van der Waals surface area contributed by atoms with Crippen LogP contribution in [0.4, 0.5) is 10.5 Å². The van der Waals surface area contributed by atoms with Crippen molar-refractivity contribution in [3.8, 4) is 0 Å². The lowest BCUT2D eigenvalue weighted by molar-refractivity contribution is -0.340. The van der Waals surface area contributed by atoms with Crippen LogP contribution < -0.4 is 27.0 Å². The number of amides is 5. The molecular weight excluding hydrogens is 1690 g/mol. The fourth-order valence-corrected chi connectivity index (χ4v) is 15.9. The van der Waals surface area contributed by atoms with Gasteiger partial charge in [0.25, 0.3) is 5.91 Å². The number of fused-ring (bicyclic) bond motifs is 5. The van der Waals surface area contributed by atoms with Gasteiger partial charge in [-0.15, -0.1) is 0 Å². The Kier molecular flexibility index (Phi) is 42.6. The van der Waals surface area contributed by atoms with Gasteiger partial charge in [-0.05, 0) is 84.9 Å². The van der Waals surface area contributed by atoms with E-state index in [1.165, 1.54) is 76.2 Å². The number of rotatable bonds is 58. The number of hydrogen-bond donors (Lipinski definition) is 6. The summed E-state index contributed by atoms with van der Waals surface area (Å²) in [4.78, 5) is 168. The highest BCUT2D eigenvalue weighted by molar-refractivity contribution is 6.01. The number of esters is 4. The number of nitrogens with two attached hydrogens (primary N) is 1. The van der Waals surface area contributed by atoms with E-state index in [9.17, 15) is 53.1 Å². The summed E-state index contributed by atoms with van der Waals surface area (Å²) in [6.45, 7) is 20.8. The van der Waals surface area contributed by atoms with E-state index in [4.69, 9.17) is 95.7 Å². The average Bonchev–Trinajstić information content (AvgIpc) is 0.667. The highest BCUT2D eigenvalue weighted by Crippen LogP contribution is 2.66. The predicted molar refractivity (Wildman–Crippen MR) is 458 cm³/mol. The van der Waals surface area contributed by atoms with Crippen molar-refractivity contribution in [2.45, 2.75) is 154 Å². The number of aliphatic hydroxyl groups is 1. The molecule has 0 aromatic heterocycles. The summed E-state index contributed by atoms with van der Waals surface area (Å²) in [5.74, 6) is -12.3. The first-order valence-electron chi connectivity index (χ1n) is 43.2. The van der Waals surface area contributed by atoms with Gasteiger partial charge in [0.1, 0.15) is 55.3 Å². The van der Waals surface area contributed by atoms with Crippen molar-refractivity contribution in [3.05, 3.63) is 149 Å². The molecule has 4 aliphatic rings. The number of anilines is 1. The fraction of sp³-hybridized carbons (Fsp3) is 0.587. The van der Waals surface area contributed by atoms with Crippen LogP contribution in [0.5, 0.6) is 0 Å². The van der Waals surface area contributed by atoms with Crippen molar-refractivity contribution in [2.24, 2.45) is 34.3 Å². The fourth-order valence-electron chi connectivity index (χ4n) is 15.9. The van der Waals surface area contributed by atoms with Gasteiger partial charge in [0.2, 0.25) is 29.7 Å². The molecular formula is C92H125N5O32. The number of ketones is 2. The maximum absolute atomic E-state index is 16.2. The first-order chi connectivity index (χ1) is 61.9. The number of Topliss-reactive ketones (excluding diaryl/α,β-unsaturated/α-hetero) is 2. The molecule has 129 heavy (non-hydrogen) atoms. The quantitative estimate of drug-likeness (QED) is 0.0136. The molecule has 14 atom stereocenters. The van der Waals surface area contributed by atoms with Crippen molar-refractivity contribution in [2.75, 3.05) is 171 Å². The highest BCUT2D eigenvalue weighted by atomic mass is 16.7. The number of carbonyl (C=O) groups excluding carboxylic acids is 12. The standard InChI is InChI=1S/C92H125N5O32/c1-59(52-70(100)57-122-51-50-121-49-48-120-47-46-119-45-44-118-43-42-117-41-40-116-39-38-115-37-36-114-35-34-113-33-32-112-31-30-111-10)82(103)94-62(4)83(104)96-71(54-74(93)101)85(106)95-69-28-26-65(27-29-69)56-123-88(109)127-78(76(66-20-14-11-15-21-66)97-84(105)67-22-16-12-17-23-67)87(108)126-72-55-92(110)81(128-86(107)68-24-18-13-19-25-68)79-90(9,60(2)53-73-91(79,58-124-73)129-64(6)99)80(102)77(125-63(5)98)75(61(72)3)89(92,7)8/h11-29,59-60,62,71-73,76-79,81,110H,30-58H2,1-10H3,(H2,93,101)(H,94,103)(H,95,106)(H,96,104)(H,97,105)/t59-,60-,62+,71+,72?,73?,76-,77+,78?,79-,81-,90+,91-,92+/m0/s1. The molecule has 1 heterocycles. The number of nitrogens with one attached hydrogen (secondary N) is 4. The molecule has 0 radical (unpaired) electrons. The molecule has 1 saturated heterocycles. The van der Waals surface area contributed by atoms with Crippen molar-refractivity contribution in [1.82, 2.24) is 16.0 Å². The van der Waals surface area contributed by atoms with Crippen LogP contribution in [0.1, 0.15) is 126 Å². The van der Waals surface area contributed by atoms with Crippen LogP contribution in [0.15, 0.2) is 126 Å². The van der Waals surface area contributed by atoms with Gasteiger partial charge in [0, 0.05) is 61.8 Å². The van der Waals surface area contributed by atoms with Crippen LogP contribution in [-0.4, -0.2) is 296 Å². The molecule has 4 aromatic rings. The number of methoxy groups -OCH3 is 1. The average molecular weight is 1810 g/mol. The van der Waals surface area contributed by atoms with E-state index in [1.54, 1.807) is 102 Å². The first kappa shape index (κ1) is 104. The van der Waals surface area contributed by atoms with Crippen molar-refractivity contribution in [1.29, 1.82) is 0 Å². The third-order valence-corrected chi connectivity index (χ3v) is 22.9. The molecule has 3 unspecified atom stereocenters. The van der Waals surface area contributed by atoms with E-state index >= 15 is 9.59 Å². The Labute approximate surface area is 750 Å². The van der Waals surface area contributed by atoms with Crippen molar-refractivity contribution in [3.63, 3.8) is 0 Å². The second kappa shape index (κ2) is 52.7. The summed E-state index contributed by atoms with van der Waals surface area (Å²) < 4.78 is 108. The number of hydrogen-bond acceptors (Lipinski definition) is 32. The van der Waals surface area contributed by atoms with Gasteiger partial charge in [-0.25, -0.2) is 14.4 Å². The Morgan fingerprint density at radius 3 is 1.53 bits per heavy atom. The second-order valence-corrected chi connectivity index (χ2v) is 32.3. The Hall–Kier alpha value is -10.1. The summed E-state index contributed by atoms with van der Waals surface area (Å²) in [5.41, 5.74) is -1.36. The Balaban J connectivity index is 0.795. The summed E-state index contributed by atoms with van der Waals surface area (Å²) >= 11 is 0.